The van der Waals surface area contributed by atoms with Crippen molar-refractivity contribution >= 4 is 39.3 Å². The van der Waals surface area contributed by atoms with Gasteiger partial charge in [0.05, 0.1) is 21.8 Å². The molecular formula is C29H28N2O5S2. The molecule has 0 aliphatic heterocycles. The predicted octanol–water partition coefficient (Wildman–Crippen LogP) is 7.28. The highest BCUT2D eigenvalue weighted by molar-refractivity contribution is 8.00. The quantitative estimate of drug-likeness (QED) is 0.179. The Labute approximate surface area is 227 Å². The molecule has 0 aromatic heterocycles. The van der Waals surface area contributed by atoms with Crippen molar-refractivity contribution in [2.45, 2.75) is 37.0 Å². The van der Waals surface area contributed by atoms with Crippen LogP contribution in [0.1, 0.15) is 34.0 Å². The third-order valence-corrected chi connectivity index (χ3v) is 8.00. The maximum Gasteiger partial charge on any atom is 0.337 e. The molecule has 0 aliphatic carbocycles. The number of sulfonamides is 1. The van der Waals surface area contributed by atoms with Gasteiger partial charge in [-0.2, -0.15) is 0 Å². The van der Waals surface area contributed by atoms with Gasteiger partial charge in [-0.3, -0.25) is 4.72 Å². The maximum atomic E-state index is 12.8. The molecule has 0 saturated carbocycles. The first-order valence-corrected chi connectivity index (χ1v) is 14.2. The summed E-state index contributed by atoms with van der Waals surface area (Å²) in [5.74, 6) is -0.271. The van der Waals surface area contributed by atoms with Crippen LogP contribution in [0.25, 0.3) is 0 Å². The van der Waals surface area contributed by atoms with Gasteiger partial charge in [-0.05, 0) is 98.4 Å². The minimum atomic E-state index is -3.75. The largest absolute Gasteiger partial charge is 0.478 e. The van der Waals surface area contributed by atoms with Crippen LogP contribution in [0.2, 0.25) is 0 Å². The van der Waals surface area contributed by atoms with Gasteiger partial charge in [0, 0.05) is 4.90 Å². The number of carboxylic acids is 1. The summed E-state index contributed by atoms with van der Waals surface area (Å²) in [5, 5.41) is 9.76. The van der Waals surface area contributed by atoms with Crippen LogP contribution in [-0.4, -0.2) is 19.5 Å². The van der Waals surface area contributed by atoms with Crippen LogP contribution in [0.5, 0.6) is 11.5 Å². The second kappa shape index (κ2) is 11.6. The molecule has 0 radical (unpaired) electrons. The number of rotatable bonds is 10. The topological polar surface area (TPSA) is 105 Å². The average molecular weight is 549 g/mol. The highest BCUT2D eigenvalue weighted by atomic mass is 32.2. The van der Waals surface area contributed by atoms with Gasteiger partial charge in [-0.1, -0.05) is 42.3 Å². The third-order valence-electron chi connectivity index (χ3n) is 5.79. The first-order chi connectivity index (χ1) is 18.1. The summed E-state index contributed by atoms with van der Waals surface area (Å²) in [5.41, 5.74) is 3.83. The summed E-state index contributed by atoms with van der Waals surface area (Å²) in [4.78, 5) is 13.1. The first-order valence-electron chi connectivity index (χ1n) is 11.9. The van der Waals surface area contributed by atoms with E-state index in [0.29, 0.717) is 29.3 Å². The van der Waals surface area contributed by atoms with Crippen molar-refractivity contribution in [3.8, 4) is 11.5 Å². The van der Waals surface area contributed by atoms with E-state index in [2.05, 4.69) is 9.44 Å². The number of benzene rings is 4. The van der Waals surface area contributed by atoms with E-state index in [0.717, 1.165) is 21.6 Å². The Morgan fingerprint density at radius 2 is 1.42 bits per heavy atom. The van der Waals surface area contributed by atoms with Crippen LogP contribution in [-0.2, 0) is 16.4 Å². The van der Waals surface area contributed by atoms with E-state index in [1.54, 1.807) is 54.6 Å². The Bertz CT molecular complexity index is 1550. The fraction of sp³-hybridized carbons (Fsp3) is 0.138. The zero-order chi connectivity index (χ0) is 27.3. The second-order valence-corrected chi connectivity index (χ2v) is 11.3. The Morgan fingerprint density at radius 1 is 0.842 bits per heavy atom. The van der Waals surface area contributed by atoms with Crippen molar-refractivity contribution in [1.29, 1.82) is 0 Å². The summed E-state index contributed by atoms with van der Waals surface area (Å²) < 4.78 is 37.4. The van der Waals surface area contributed by atoms with Crippen LogP contribution >= 0.6 is 11.9 Å². The molecule has 7 nitrogen and oxygen atoms in total. The number of ether oxygens (including phenoxy) is 1. The second-order valence-electron chi connectivity index (χ2n) is 8.72. The fourth-order valence-electron chi connectivity index (χ4n) is 3.66. The van der Waals surface area contributed by atoms with Gasteiger partial charge < -0.3 is 14.6 Å². The standard InChI is InChI=1S/C29H28N2O5S2/c1-4-21-17-22(9-15-27(21)31-38(34,35)25-13-7-20(3)8-14-25)36-23-10-16-28(26(18-23)29(32)33)30-37-24-11-5-19(2)6-12-24/h5-18,30-31H,4H2,1-3H3,(H,32,33). The zero-order valence-electron chi connectivity index (χ0n) is 21.2. The molecule has 0 aliphatic rings. The monoisotopic (exact) mass is 548 g/mol. The number of aryl methyl sites for hydroxylation is 3. The van der Waals surface area contributed by atoms with Gasteiger partial charge in [0.1, 0.15) is 11.5 Å². The lowest BCUT2D eigenvalue weighted by molar-refractivity contribution is 0.0697. The van der Waals surface area contributed by atoms with E-state index in [9.17, 15) is 18.3 Å². The highest BCUT2D eigenvalue weighted by Crippen LogP contribution is 2.32. The van der Waals surface area contributed by atoms with Crippen LogP contribution < -0.4 is 14.2 Å². The number of carbonyl (C=O) groups is 1. The molecule has 4 aromatic rings. The van der Waals surface area contributed by atoms with Crippen molar-refractivity contribution in [3.05, 3.63) is 107 Å². The summed E-state index contributed by atoms with van der Waals surface area (Å²) in [7, 11) is -3.75. The van der Waals surface area contributed by atoms with Gasteiger partial charge in [0.2, 0.25) is 0 Å². The summed E-state index contributed by atoms with van der Waals surface area (Å²) in [6.07, 6.45) is 0.558. The average Bonchev–Trinajstić information content (AvgIpc) is 2.89. The molecule has 0 fully saturated rings. The van der Waals surface area contributed by atoms with Crippen LogP contribution in [0.4, 0.5) is 11.4 Å². The molecule has 4 aromatic carbocycles. The summed E-state index contributed by atoms with van der Waals surface area (Å²) in [6, 6.07) is 24.4. The van der Waals surface area contributed by atoms with Crippen molar-refractivity contribution in [2.75, 3.05) is 9.44 Å². The normalized spacial score (nSPS) is 11.1. The Balaban J connectivity index is 1.51. The minimum absolute atomic E-state index is 0.0697. The van der Waals surface area contributed by atoms with E-state index >= 15 is 0 Å². The number of hydrogen-bond donors (Lipinski definition) is 3. The molecule has 0 saturated heterocycles. The Hall–Kier alpha value is -3.95. The van der Waals surface area contributed by atoms with E-state index in [1.165, 1.54) is 18.0 Å². The van der Waals surface area contributed by atoms with Crippen LogP contribution in [0, 0.1) is 13.8 Å². The van der Waals surface area contributed by atoms with Gasteiger partial charge in [-0.25, -0.2) is 13.2 Å². The molecule has 4 rings (SSSR count). The number of anilines is 2. The smallest absolute Gasteiger partial charge is 0.337 e. The molecule has 9 heteroatoms. The fourth-order valence-corrected chi connectivity index (χ4v) is 5.43. The Kier molecular flexibility index (Phi) is 8.29. The highest BCUT2D eigenvalue weighted by Gasteiger charge is 2.17. The predicted molar refractivity (Wildman–Crippen MR) is 152 cm³/mol. The number of carboxylic acid groups (broad SMARTS) is 1. The van der Waals surface area contributed by atoms with E-state index in [4.69, 9.17) is 4.74 Å². The van der Waals surface area contributed by atoms with Crippen LogP contribution in [0.15, 0.2) is 94.7 Å². The SMILES string of the molecule is CCc1cc(Oc2ccc(NSc3ccc(C)cc3)c(C(=O)O)c2)ccc1NS(=O)(=O)c1ccc(C)cc1. The molecule has 0 spiro atoms. The summed E-state index contributed by atoms with van der Waals surface area (Å²) in [6.45, 7) is 5.81. The van der Waals surface area contributed by atoms with E-state index in [1.807, 2.05) is 45.0 Å². The summed E-state index contributed by atoms with van der Waals surface area (Å²) >= 11 is 1.32. The zero-order valence-corrected chi connectivity index (χ0v) is 22.8. The number of aromatic carboxylic acids is 1. The van der Waals surface area contributed by atoms with Crippen molar-refractivity contribution in [1.82, 2.24) is 0 Å². The molecule has 38 heavy (non-hydrogen) atoms. The van der Waals surface area contributed by atoms with Gasteiger partial charge in [-0.15, -0.1) is 0 Å². The molecule has 0 bridgehead atoms. The molecule has 196 valence electrons. The maximum absolute atomic E-state index is 12.8. The van der Waals surface area contributed by atoms with Gasteiger partial charge >= 0.3 is 5.97 Å². The molecule has 0 amide bonds. The van der Waals surface area contributed by atoms with E-state index < -0.39 is 16.0 Å². The van der Waals surface area contributed by atoms with Crippen molar-refractivity contribution in [3.63, 3.8) is 0 Å². The van der Waals surface area contributed by atoms with E-state index in [-0.39, 0.29) is 10.5 Å². The van der Waals surface area contributed by atoms with Gasteiger partial charge in [0.25, 0.3) is 10.0 Å². The minimum Gasteiger partial charge on any atom is -0.478 e. The van der Waals surface area contributed by atoms with Gasteiger partial charge in [0.15, 0.2) is 0 Å². The number of nitrogens with one attached hydrogen (secondary N) is 2. The van der Waals surface area contributed by atoms with Crippen molar-refractivity contribution in [2.24, 2.45) is 0 Å². The lowest BCUT2D eigenvalue weighted by Gasteiger charge is -2.15. The first kappa shape index (κ1) is 27.1. The molecule has 0 atom stereocenters. The Morgan fingerprint density at radius 3 is 2.03 bits per heavy atom. The number of hydrogen-bond acceptors (Lipinski definition) is 6. The van der Waals surface area contributed by atoms with Crippen molar-refractivity contribution < 1.29 is 23.1 Å². The lowest BCUT2D eigenvalue weighted by Crippen LogP contribution is -2.14. The molecular weight excluding hydrogens is 520 g/mol. The lowest BCUT2D eigenvalue weighted by atomic mass is 10.1. The molecule has 0 unspecified atom stereocenters. The third kappa shape index (κ3) is 6.67. The molecule has 3 N–H and O–H groups in total. The van der Waals surface area contributed by atoms with Crippen LogP contribution in [0.3, 0.4) is 0 Å². The molecule has 0 heterocycles.